The van der Waals surface area contributed by atoms with Gasteiger partial charge in [0.2, 0.25) is 0 Å². The summed E-state index contributed by atoms with van der Waals surface area (Å²) in [6.07, 6.45) is 5.33. The highest BCUT2D eigenvalue weighted by Crippen LogP contribution is 2.70. The second-order valence-electron chi connectivity index (χ2n) is 7.18. The minimum atomic E-state index is -0.291. The average Bonchev–Trinajstić information content (AvgIpc) is 2.89. The van der Waals surface area contributed by atoms with Gasteiger partial charge in [-0.3, -0.25) is 0 Å². The van der Waals surface area contributed by atoms with E-state index >= 15 is 0 Å². The lowest BCUT2D eigenvalue weighted by atomic mass is 9.93. The molecule has 3 heteroatoms. The molecule has 1 nitrogen and oxygen atoms in total. The first-order valence-corrected chi connectivity index (χ1v) is 8.74. The molecule has 0 heterocycles. The Morgan fingerprint density at radius 2 is 2.00 bits per heavy atom. The van der Waals surface area contributed by atoms with Crippen molar-refractivity contribution >= 4 is 11.6 Å². The first-order valence-electron chi connectivity index (χ1n) is 8.36. The molecule has 2 bridgehead atoms. The standard InChI is InChI=1S/C18H23ClFN/c1-2-21-15(8-10-3-6-13(19)14(20)7-10)18-16-11-4-5-12(9-11)17(16)18/h3,6-7,11-12,15-18,21H,2,4-5,8-9H2,1H3. The molecule has 21 heavy (non-hydrogen) atoms. The molecule has 0 saturated heterocycles. The number of nitrogens with one attached hydrogen (secondary N) is 1. The Bertz CT molecular complexity index is 530. The van der Waals surface area contributed by atoms with E-state index in [0.717, 1.165) is 48.1 Å². The van der Waals surface area contributed by atoms with Crippen LogP contribution in [0.3, 0.4) is 0 Å². The van der Waals surface area contributed by atoms with Gasteiger partial charge in [0.05, 0.1) is 5.02 Å². The van der Waals surface area contributed by atoms with Crippen molar-refractivity contribution in [2.75, 3.05) is 6.54 Å². The van der Waals surface area contributed by atoms with Crippen molar-refractivity contribution in [1.29, 1.82) is 0 Å². The van der Waals surface area contributed by atoms with Gasteiger partial charge < -0.3 is 5.32 Å². The highest BCUT2D eigenvalue weighted by molar-refractivity contribution is 6.30. The lowest BCUT2D eigenvalue weighted by molar-refractivity contribution is 0.365. The van der Waals surface area contributed by atoms with Crippen LogP contribution in [0.5, 0.6) is 0 Å². The summed E-state index contributed by atoms with van der Waals surface area (Å²) in [7, 11) is 0. The molecule has 0 radical (unpaired) electrons. The topological polar surface area (TPSA) is 12.0 Å². The third kappa shape index (κ3) is 2.31. The van der Waals surface area contributed by atoms with Crippen LogP contribution in [0.15, 0.2) is 18.2 Å². The predicted octanol–water partition coefficient (Wildman–Crippen LogP) is 4.29. The zero-order valence-electron chi connectivity index (χ0n) is 12.5. The molecule has 3 aliphatic rings. The Kier molecular flexibility index (Phi) is 3.50. The summed E-state index contributed by atoms with van der Waals surface area (Å²) in [5.74, 6) is 4.45. The van der Waals surface area contributed by atoms with Gasteiger partial charge in [0, 0.05) is 6.04 Å². The third-order valence-electron chi connectivity index (χ3n) is 6.17. The second-order valence-corrected chi connectivity index (χ2v) is 7.59. The number of halogens is 2. The van der Waals surface area contributed by atoms with Crippen molar-refractivity contribution in [3.8, 4) is 0 Å². The molecule has 0 aromatic heterocycles. The molecule has 4 rings (SSSR count). The molecule has 3 fully saturated rings. The predicted molar refractivity (Wildman–Crippen MR) is 83.9 cm³/mol. The lowest BCUT2D eigenvalue weighted by Crippen LogP contribution is -2.35. The summed E-state index contributed by atoms with van der Waals surface area (Å²) in [4.78, 5) is 0. The lowest BCUT2D eigenvalue weighted by Gasteiger charge is -2.21. The maximum Gasteiger partial charge on any atom is 0.142 e. The zero-order valence-corrected chi connectivity index (χ0v) is 13.2. The number of hydrogen-bond donors (Lipinski definition) is 1. The smallest absolute Gasteiger partial charge is 0.142 e. The van der Waals surface area contributed by atoms with E-state index < -0.39 is 0 Å². The molecule has 0 amide bonds. The molecule has 5 unspecified atom stereocenters. The maximum atomic E-state index is 13.6. The summed E-state index contributed by atoms with van der Waals surface area (Å²) < 4.78 is 13.6. The summed E-state index contributed by atoms with van der Waals surface area (Å²) >= 11 is 5.79. The molecule has 1 aromatic rings. The van der Waals surface area contributed by atoms with Crippen molar-refractivity contribution in [2.45, 2.75) is 38.6 Å². The SMILES string of the molecule is CCNC(Cc1ccc(Cl)c(F)c1)C1C2C3CCC(C3)C21. The first kappa shape index (κ1) is 14.0. The molecule has 0 aliphatic heterocycles. The fraction of sp³-hybridized carbons (Fsp3) is 0.667. The van der Waals surface area contributed by atoms with E-state index in [-0.39, 0.29) is 10.8 Å². The van der Waals surface area contributed by atoms with Gasteiger partial charge in [0.15, 0.2) is 0 Å². The fourth-order valence-corrected chi connectivity index (χ4v) is 5.57. The summed E-state index contributed by atoms with van der Waals surface area (Å²) in [6.45, 7) is 3.16. The van der Waals surface area contributed by atoms with Crippen molar-refractivity contribution in [2.24, 2.45) is 29.6 Å². The van der Waals surface area contributed by atoms with E-state index in [0.29, 0.717) is 6.04 Å². The number of benzene rings is 1. The normalized spacial score (nSPS) is 37.6. The molecular weight excluding hydrogens is 285 g/mol. The van der Waals surface area contributed by atoms with Crippen LogP contribution in [0, 0.1) is 35.4 Å². The summed E-state index contributed by atoms with van der Waals surface area (Å²) in [6, 6.07) is 5.78. The summed E-state index contributed by atoms with van der Waals surface area (Å²) in [5.41, 5.74) is 1.07. The van der Waals surface area contributed by atoms with Gasteiger partial charge in [0.1, 0.15) is 5.82 Å². The maximum absolute atomic E-state index is 13.6. The number of rotatable bonds is 5. The van der Waals surface area contributed by atoms with Crippen LogP contribution in [0.25, 0.3) is 0 Å². The van der Waals surface area contributed by atoms with Crippen LogP contribution in [0.4, 0.5) is 4.39 Å². The Labute approximate surface area is 131 Å². The highest BCUT2D eigenvalue weighted by atomic mass is 35.5. The molecular formula is C18H23ClFN. The first-order chi connectivity index (χ1) is 10.2. The minimum absolute atomic E-state index is 0.222. The number of fused-ring (bicyclic) bond motifs is 5. The fourth-order valence-electron chi connectivity index (χ4n) is 5.46. The van der Waals surface area contributed by atoms with Gasteiger partial charge in [-0.15, -0.1) is 0 Å². The zero-order chi connectivity index (χ0) is 14.6. The van der Waals surface area contributed by atoms with Crippen molar-refractivity contribution < 1.29 is 4.39 Å². The Morgan fingerprint density at radius 1 is 1.29 bits per heavy atom. The largest absolute Gasteiger partial charge is 0.314 e. The summed E-state index contributed by atoms with van der Waals surface area (Å²) in [5, 5.41) is 3.89. The monoisotopic (exact) mass is 307 g/mol. The quantitative estimate of drug-likeness (QED) is 0.855. The molecule has 1 N–H and O–H groups in total. The molecule has 1 aromatic carbocycles. The molecule has 3 saturated carbocycles. The Hall–Kier alpha value is -0.600. The van der Waals surface area contributed by atoms with E-state index in [4.69, 9.17) is 11.6 Å². The molecule has 0 spiro atoms. The van der Waals surface area contributed by atoms with Gasteiger partial charge in [-0.1, -0.05) is 24.6 Å². The van der Waals surface area contributed by atoms with Gasteiger partial charge >= 0.3 is 0 Å². The van der Waals surface area contributed by atoms with Gasteiger partial charge in [-0.25, -0.2) is 4.39 Å². The number of likely N-dealkylation sites (N-methyl/N-ethyl adjacent to an activating group) is 1. The van der Waals surface area contributed by atoms with Crippen LogP contribution in [0.2, 0.25) is 5.02 Å². The van der Waals surface area contributed by atoms with Gasteiger partial charge in [-0.2, -0.15) is 0 Å². The second kappa shape index (κ2) is 5.24. The Balaban J connectivity index is 1.49. The van der Waals surface area contributed by atoms with Crippen LogP contribution >= 0.6 is 11.6 Å². The highest BCUT2D eigenvalue weighted by Gasteiger charge is 2.66. The Morgan fingerprint density at radius 3 is 2.62 bits per heavy atom. The van der Waals surface area contributed by atoms with Crippen LogP contribution in [0.1, 0.15) is 31.7 Å². The molecule has 5 atom stereocenters. The van der Waals surface area contributed by atoms with Crippen LogP contribution < -0.4 is 5.32 Å². The van der Waals surface area contributed by atoms with Gasteiger partial charge in [0.25, 0.3) is 0 Å². The molecule has 3 aliphatic carbocycles. The third-order valence-corrected chi connectivity index (χ3v) is 6.47. The van der Waals surface area contributed by atoms with Crippen molar-refractivity contribution in [3.63, 3.8) is 0 Å². The van der Waals surface area contributed by atoms with Crippen LogP contribution in [-0.4, -0.2) is 12.6 Å². The van der Waals surface area contributed by atoms with E-state index in [2.05, 4.69) is 12.2 Å². The van der Waals surface area contributed by atoms with E-state index in [1.807, 2.05) is 6.07 Å². The van der Waals surface area contributed by atoms with Gasteiger partial charge in [-0.05, 0) is 79.5 Å². The minimum Gasteiger partial charge on any atom is -0.314 e. The van der Waals surface area contributed by atoms with Crippen molar-refractivity contribution in [3.05, 3.63) is 34.6 Å². The average molecular weight is 308 g/mol. The van der Waals surface area contributed by atoms with Crippen LogP contribution in [-0.2, 0) is 6.42 Å². The molecule has 114 valence electrons. The van der Waals surface area contributed by atoms with E-state index in [1.54, 1.807) is 12.1 Å². The van der Waals surface area contributed by atoms with E-state index in [9.17, 15) is 4.39 Å². The van der Waals surface area contributed by atoms with E-state index in [1.165, 1.54) is 19.3 Å². The van der Waals surface area contributed by atoms with Crippen molar-refractivity contribution in [1.82, 2.24) is 5.32 Å². The number of hydrogen-bond acceptors (Lipinski definition) is 1.